The van der Waals surface area contributed by atoms with Gasteiger partial charge in [-0.3, -0.25) is 0 Å². The topological polar surface area (TPSA) is 38.7 Å². The Balaban J connectivity index is 3.65. The molecule has 0 saturated heterocycles. The van der Waals surface area contributed by atoms with Crippen molar-refractivity contribution in [3.63, 3.8) is 0 Å². The first kappa shape index (κ1) is 20.5. The average Bonchev–Trinajstić information content (AvgIpc) is 2.46. The summed E-state index contributed by atoms with van der Waals surface area (Å²) in [6, 6.07) is 0. The molecule has 1 N–H and O–H groups in total. The van der Waals surface area contributed by atoms with Crippen molar-refractivity contribution in [3.05, 3.63) is 0 Å². The first-order valence-electron chi connectivity index (χ1n) is 7.72. The zero-order valence-corrected chi connectivity index (χ0v) is 14.3. The lowest BCUT2D eigenvalue weighted by Crippen LogP contribution is -2.28. The summed E-state index contributed by atoms with van der Waals surface area (Å²) in [7, 11) is 0. The molecule has 3 nitrogen and oxygen atoms in total. The van der Waals surface area contributed by atoms with Gasteiger partial charge in [0, 0.05) is 0 Å². The van der Waals surface area contributed by atoms with E-state index in [1.165, 1.54) is 0 Å². The maximum absolute atomic E-state index is 9.24. The molecule has 3 atom stereocenters. The minimum atomic E-state index is -0.312. The molecule has 0 saturated carbocycles. The van der Waals surface area contributed by atoms with Gasteiger partial charge < -0.3 is 14.6 Å². The van der Waals surface area contributed by atoms with Gasteiger partial charge in [-0.15, -0.1) is 23.2 Å². The zero-order chi connectivity index (χ0) is 15.2. The number of unbranched alkanes of at least 4 members (excludes halogenated alkanes) is 2. The molecule has 0 aromatic carbocycles. The fraction of sp³-hybridized carbons (Fsp3) is 1.00. The van der Waals surface area contributed by atoms with Gasteiger partial charge in [0.1, 0.15) is 6.10 Å². The summed E-state index contributed by atoms with van der Waals surface area (Å²) in [6.07, 6.45) is 6.08. The van der Waals surface area contributed by atoms with E-state index in [2.05, 4.69) is 13.8 Å². The largest absolute Gasteiger partial charge is 0.394 e. The Kier molecular flexibility index (Phi) is 14.7. The maximum Gasteiger partial charge on any atom is 0.104 e. The van der Waals surface area contributed by atoms with E-state index in [0.717, 1.165) is 38.5 Å². The molecule has 0 rings (SSSR count). The van der Waals surface area contributed by atoms with E-state index in [1.54, 1.807) is 0 Å². The zero-order valence-electron chi connectivity index (χ0n) is 12.8. The molecule has 0 aliphatic carbocycles. The highest BCUT2D eigenvalue weighted by Crippen LogP contribution is 2.10. The van der Waals surface area contributed by atoms with Gasteiger partial charge in [-0.1, -0.05) is 39.5 Å². The normalized spacial score (nSPS) is 16.1. The van der Waals surface area contributed by atoms with Crippen molar-refractivity contribution in [2.45, 2.75) is 69.2 Å². The predicted molar refractivity (Wildman–Crippen MR) is 86.0 cm³/mol. The molecule has 0 radical (unpaired) electrons. The molecular weight excluding hydrogens is 299 g/mol. The first-order valence-corrected chi connectivity index (χ1v) is 8.59. The van der Waals surface area contributed by atoms with Crippen LogP contribution in [0.25, 0.3) is 0 Å². The third-order valence-corrected chi connectivity index (χ3v) is 3.75. The molecule has 0 spiro atoms. The molecule has 5 heteroatoms. The van der Waals surface area contributed by atoms with Crippen molar-refractivity contribution in [3.8, 4) is 0 Å². The maximum atomic E-state index is 9.24. The molecule has 3 unspecified atom stereocenters. The van der Waals surface area contributed by atoms with Crippen LogP contribution in [0.2, 0.25) is 0 Å². The summed E-state index contributed by atoms with van der Waals surface area (Å²) < 4.78 is 11.1. The number of hydrogen-bond donors (Lipinski definition) is 1. The fourth-order valence-electron chi connectivity index (χ4n) is 1.74. The fourth-order valence-corrected chi connectivity index (χ4v) is 2.21. The van der Waals surface area contributed by atoms with Crippen molar-refractivity contribution in [2.24, 2.45) is 0 Å². The highest BCUT2D eigenvalue weighted by molar-refractivity contribution is 6.20. The highest BCUT2D eigenvalue weighted by Gasteiger charge is 2.13. The van der Waals surface area contributed by atoms with E-state index in [1.807, 2.05) is 0 Å². The molecule has 0 amide bonds. The lowest BCUT2D eigenvalue weighted by Gasteiger charge is -2.18. The third kappa shape index (κ3) is 12.2. The number of aliphatic hydroxyl groups excluding tert-OH is 1. The van der Waals surface area contributed by atoms with Crippen LogP contribution in [0.4, 0.5) is 0 Å². The van der Waals surface area contributed by atoms with Crippen LogP contribution in [-0.2, 0) is 9.47 Å². The molecule has 0 aromatic rings. The number of rotatable bonds is 14. The van der Waals surface area contributed by atoms with Crippen LogP contribution in [0.5, 0.6) is 0 Å². The van der Waals surface area contributed by atoms with Gasteiger partial charge in [-0.2, -0.15) is 0 Å². The van der Waals surface area contributed by atoms with E-state index < -0.39 is 0 Å². The Morgan fingerprint density at radius 3 is 1.95 bits per heavy atom. The standard InChI is InChI=1S/C15H30Cl2O3/c1-3-5-7-13(16)10-19-12-15(9-18)20-11-14(17)8-6-4-2/h13-15,18H,3-12H2,1-2H3. The Morgan fingerprint density at radius 1 is 0.900 bits per heavy atom. The Bertz CT molecular complexity index is 206. The van der Waals surface area contributed by atoms with Gasteiger partial charge in [0.25, 0.3) is 0 Å². The van der Waals surface area contributed by atoms with E-state index in [-0.39, 0.29) is 23.5 Å². The molecule has 0 aliphatic rings. The van der Waals surface area contributed by atoms with Crippen LogP contribution < -0.4 is 0 Å². The van der Waals surface area contributed by atoms with Crippen LogP contribution in [0.1, 0.15) is 52.4 Å². The Morgan fingerprint density at radius 2 is 1.45 bits per heavy atom. The van der Waals surface area contributed by atoms with E-state index in [0.29, 0.717) is 19.8 Å². The van der Waals surface area contributed by atoms with Gasteiger partial charge in [-0.25, -0.2) is 0 Å². The van der Waals surface area contributed by atoms with Crippen molar-refractivity contribution in [2.75, 3.05) is 26.4 Å². The molecular formula is C15H30Cl2O3. The molecule has 0 aliphatic heterocycles. The van der Waals surface area contributed by atoms with Crippen LogP contribution in [0.3, 0.4) is 0 Å². The number of alkyl halides is 2. The summed E-state index contributed by atoms with van der Waals surface area (Å²) in [5.41, 5.74) is 0. The van der Waals surface area contributed by atoms with Gasteiger partial charge in [0.2, 0.25) is 0 Å². The summed E-state index contributed by atoms with van der Waals surface area (Å²) >= 11 is 12.3. The molecule has 0 fully saturated rings. The van der Waals surface area contributed by atoms with E-state index in [9.17, 15) is 5.11 Å². The van der Waals surface area contributed by atoms with Gasteiger partial charge in [-0.05, 0) is 12.8 Å². The second kappa shape index (κ2) is 14.4. The Labute approximate surface area is 133 Å². The number of ether oxygens (including phenoxy) is 2. The van der Waals surface area contributed by atoms with Crippen molar-refractivity contribution >= 4 is 23.2 Å². The van der Waals surface area contributed by atoms with Crippen LogP contribution in [0, 0.1) is 0 Å². The first-order chi connectivity index (χ1) is 9.63. The molecule has 122 valence electrons. The van der Waals surface area contributed by atoms with E-state index in [4.69, 9.17) is 32.7 Å². The van der Waals surface area contributed by atoms with Crippen LogP contribution >= 0.6 is 23.2 Å². The number of aliphatic hydroxyl groups is 1. The van der Waals surface area contributed by atoms with Gasteiger partial charge in [0.05, 0.1) is 37.2 Å². The van der Waals surface area contributed by atoms with Gasteiger partial charge >= 0.3 is 0 Å². The quantitative estimate of drug-likeness (QED) is 0.490. The summed E-state index contributed by atoms with van der Waals surface area (Å²) in [5, 5.41) is 9.29. The molecule has 0 aromatic heterocycles. The number of hydrogen-bond acceptors (Lipinski definition) is 3. The molecule has 20 heavy (non-hydrogen) atoms. The smallest absolute Gasteiger partial charge is 0.104 e. The monoisotopic (exact) mass is 328 g/mol. The number of halogens is 2. The van der Waals surface area contributed by atoms with Crippen LogP contribution in [-0.4, -0.2) is 48.4 Å². The lowest BCUT2D eigenvalue weighted by molar-refractivity contribution is -0.0425. The second-order valence-corrected chi connectivity index (χ2v) is 6.39. The minimum Gasteiger partial charge on any atom is -0.394 e. The Hall–Kier alpha value is 0.460. The summed E-state index contributed by atoms with van der Waals surface area (Å²) in [6.45, 7) is 5.54. The lowest BCUT2D eigenvalue weighted by atomic mass is 10.2. The van der Waals surface area contributed by atoms with Crippen molar-refractivity contribution in [1.82, 2.24) is 0 Å². The third-order valence-electron chi connectivity index (χ3n) is 3.06. The summed E-state index contributed by atoms with van der Waals surface area (Å²) in [4.78, 5) is 0. The predicted octanol–water partition coefficient (Wildman–Crippen LogP) is 3.98. The van der Waals surface area contributed by atoms with Crippen molar-refractivity contribution in [1.29, 1.82) is 0 Å². The van der Waals surface area contributed by atoms with E-state index >= 15 is 0 Å². The highest BCUT2D eigenvalue weighted by atomic mass is 35.5. The SMILES string of the molecule is CCCCC(Cl)COCC(CO)OCC(Cl)CCCC. The van der Waals surface area contributed by atoms with Gasteiger partial charge in [0.15, 0.2) is 0 Å². The summed E-state index contributed by atoms with van der Waals surface area (Å²) in [5.74, 6) is 0. The average molecular weight is 329 g/mol. The molecule has 0 bridgehead atoms. The molecule has 0 heterocycles. The van der Waals surface area contributed by atoms with Crippen molar-refractivity contribution < 1.29 is 14.6 Å². The second-order valence-electron chi connectivity index (χ2n) is 5.15. The van der Waals surface area contributed by atoms with Crippen LogP contribution in [0.15, 0.2) is 0 Å². The minimum absolute atomic E-state index is 0.00864.